The van der Waals surface area contributed by atoms with Crippen molar-refractivity contribution in [2.75, 3.05) is 32.8 Å². The minimum atomic E-state index is -0.419. The van der Waals surface area contributed by atoms with Crippen LogP contribution in [0.4, 0.5) is 4.79 Å². The Bertz CT molecular complexity index is 333. The van der Waals surface area contributed by atoms with Crippen molar-refractivity contribution in [2.24, 2.45) is 5.92 Å². The number of carbonyl (C=O) groups excluding carboxylic acids is 1. The van der Waals surface area contributed by atoms with Gasteiger partial charge in [0.1, 0.15) is 5.60 Å². The van der Waals surface area contributed by atoms with Crippen LogP contribution in [0.15, 0.2) is 0 Å². The smallest absolute Gasteiger partial charge is 0.410 e. The average molecular weight is 284 g/mol. The molecule has 0 saturated carbocycles. The molecule has 2 heterocycles. The Morgan fingerprint density at radius 1 is 1.20 bits per heavy atom. The molecule has 2 fully saturated rings. The Hall–Kier alpha value is -0.810. The van der Waals surface area contributed by atoms with E-state index < -0.39 is 5.60 Å². The molecule has 2 aliphatic rings. The quantitative estimate of drug-likeness (QED) is 0.838. The Morgan fingerprint density at radius 2 is 1.85 bits per heavy atom. The van der Waals surface area contributed by atoms with E-state index in [1.165, 1.54) is 0 Å². The van der Waals surface area contributed by atoms with Crippen molar-refractivity contribution in [1.82, 2.24) is 9.80 Å². The number of likely N-dealkylation sites (tertiary alicyclic amines) is 2. The zero-order valence-corrected chi connectivity index (χ0v) is 13.0. The summed E-state index contributed by atoms with van der Waals surface area (Å²) in [7, 11) is 0. The third-order valence-electron chi connectivity index (χ3n) is 4.21. The molecule has 2 saturated heterocycles. The normalized spacial score (nSPS) is 26.0. The molecule has 1 unspecified atom stereocenters. The van der Waals surface area contributed by atoms with Crippen LogP contribution in [-0.2, 0) is 4.74 Å². The molecule has 116 valence electrons. The number of hydrogen-bond donors (Lipinski definition) is 1. The van der Waals surface area contributed by atoms with Crippen LogP contribution in [0.3, 0.4) is 0 Å². The molecule has 0 aliphatic carbocycles. The maximum absolute atomic E-state index is 12.0. The van der Waals surface area contributed by atoms with E-state index in [1.807, 2.05) is 25.7 Å². The monoisotopic (exact) mass is 284 g/mol. The number of amides is 1. The average Bonchev–Trinajstić information content (AvgIpc) is 2.85. The first kappa shape index (κ1) is 15.6. The molecular weight excluding hydrogens is 256 g/mol. The van der Waals surface area contributed by atoms with Gasteiger partial charge < -0.3 is 14.7 Å². The lowest BCUT2D eigenvalue weighted by atomic mass is 10.0. The van der Waals surface area contributed by atoms with Gasteiger partial charge >= 0.3 is 6.09 Å². The van der Waals surface area contributed by atoms with Gasteiger partial charge in [-0.2, -0.15) is 0 Å². The lowest BCUT2D eigenvalue weighted by Crippen LogP contribution is -2.47. The second-order valence-corrected chi connectivity index (χ2v) is 7.03. The van der Waals surface area contributed by atoms with Gasteiger partial charge in [0.05, 0.1) is 0 Å². The van der Waals surface area contributed by atoms with Gasteiger partial charge in [-0.15, -0.1) is 0 Å². The minimum Gasteiger partial charge on any atom is -0.444 e. The van der Waals surface area contributed by atoms with Crippen molar-refractivity contribution in [3.8, 4) is 0 Å². The van der Waals surface area contributed by atoms with Crippen LogP contribution in [-0.4, -0.2) is 65.4 Å². The molecule has 20 heavy (non-hydrogen) atoms. The lowest BCUT2D eigenvalue weighted by Gasteiger charge is -2.37. The molecule has 0 radical (unpaired) electrons. The van der Waals surface area contributed by atoms with E-state index in [2.05, 4.69) is 4.90 Å². The van der Waals surface area contributed by atoms with Crippen molar-refractivity contribution in [1.29, 1.82) is 0 Å². The van der Waals surface area contributed by atoms with Gasteiger partial charge in [0.2, 0.25) is 0 Å². The molecule has 2 aliphatic heterocycles. The first-order valence-electron chi connectivity index (χ1n) is 7.72. The lowest BCUT2D eigenvalue weighted by molar-refractivity contribution is 0.0153. The maximum Gasteiger partial charge on any atom is 0.410 e. The Labute approximate surface area is 121 Å². The first-order valence-corrected chi connectivity index (χ1v) is 7.72. The SMILES string of the molecule is CC(C)(C)OC(=O)N1CCC(N2CCC(CO)C2)CC1. The van der Waals surface area contributed by atoms with Gasteiger partial charge in [-0.25, -0.2) is 4.79 Å². The van der Waals surface area contributed by atoms with Gasteiger partial charge in [-0.3, -0.25) is 4.90 Å². The number of nitrogens with zero attached hydrogens (tertiary/aromatic N) is 2. The number of aliphatic hydroxyl groups is 1. The van der Waals surface area contributed by atoms with Crippen molar-refractivity contribution in [3.63, 3.8) is 0 Å². The zero-order chi connectivity index (χ0) is 14.8. The predicted octanol–water partition coefficient (Wildman–Crippen LogP) is 1.70. The molecule has 2 rings (SSSR count). The topological polar surface area (TPSA) is 53.0 Å². The van der Waals surface area contributed by atoms with Gasteiger partial charge in [0.25, 0.3) is 0 Å². The summed E-state index contributed by atoms with van der Waals surface area (Å²) in [5.74, 6) is 0.443. The number of hydrogen-bond acceptors (Lipinski definition) is 4. The molecule has 1 amide bonds. The molecule has 0 bridgehead atoms. The second kappa shape index (κ2) is 6.31. The van der Waals surface area contributed by atoms with Crippen molar-refractivity contribution < 1.29 is 14.6 Å². The van der Waals surface area contributed by atoms with Crippen LogP contribution in [0.1, 0.15) is 40.0 Å². The van der Waals surface area contributed by atoms with E-state index in [9.17, 15) is 9.90 Å². The number of rotatable bonds is 2. The number of piperidine rings is 1. The highest BCUT2D eigenvalue weighted by Gasteiger charge is 2.32. The highest BCUT2D eigenvalue weighted by Crippen LogP contribution is 2.24. The fourth-order valence-electron chi connectivity index (χ4n) is 3.08. The Morgan fingerprint density at radius 3 is 2.35 bits per heavy atom. The van der Waals surface area contributed by atoms with E-state index in [-0.39, 0.29) is 6.09 Å². The second-order valence-electron chi connectivity index (χ2n) is 7.03. The molecule has 0 aromatic rings. The molecule has 0 aromatic carbocycles. The summed E-state index contributed by atoms with van der Waals surface area (Å²) in [6.45, 7) is 9.65. The highest BCUT2D eigenvalue weighted by atomic mass is 16.6. The number of carbonyl (C=O) groups is 1. The van der Waals surface area contributed by atoms with E-state index in [4.69, 9.17) is 4.74 Å². The van der Waals surface area contributed by atoms with Crippen LogP contribution < -0.4 is 0 Å². The largest absolute Gasteiger partial charge is 0.444 e. The molecule has 0 aromatic heterocycles. The van der Waals surface area contributed by atoms with Gasteiger partial charge in [-0.1, -0.05) is 0 Å². The molecule has 1 atom stereocenters. The first-order chi connectivity index (χ1) is 9.39. The summed E-state index contributed by atoms with van der Waals surface area (Å²) in [5.41, 5.74) is -0.419. The molecule has 5 heteroatoms. The van der Waals surface area contributed by atoms with Gasteiger partial charge in [0, 0.05) is 32.3 Å². The minimum absolute atomic E-state index is 0.189. The standard InChI is InChI=1S/C15H28N2O3/c1-15(2,3)20-14(19)16-8-5-13(6-9-16)17-7-4-12(10-17)11-18/h12-13,18H,4-11H2,1-3H3. The van der Waals surface area contributed by atoms with Crippen LogP contribution >= 0.6 is 0 Å². The predicted molar refractivity (Wildman–Crippen MR) is 77.6 cm³/mol. The van der Waals surface area contributed by atoms with Crippen molar-refractivity contribution in [3.05, 3.63) is 0 Å². The number of ether oxygens (including phenoxy) is 1. The summed E-state index contributed by atoms with van der Waals surface area (Å²) >= 11 is 0. The number of aliphatic hydroxyl groups excluding tert-OH is 1. The van der Waals surface area contributed by atoms with E-state index >= 15 is 0 Å². The highest BCUT2D eigenvalue weighted by molar-refractivity contribution is 5.68. The molecule has 1 N–H and O–H groups in total. The third-order valence-corrected chi connectivity index (χ3v) is 4.21. The third kappa shape index (κ3) is 4.09. The summed E-state index contributed by atoms with van der Waals surface area (Å²) in [5, 5.41) is 9.21. The van der Waals surface area contributed by atoms with Gasteiger partial charge in [-0.05, 0) is 52.5 Å². The molecular formula is C15H28N2O3. The zero-order valence-electron chi connectivity index (χ0n) is 13.0. The summed E-state index contributed by atoms with van der Waals surface area (Å²) in [6, 6.07) is 0.560. The summed E-state index contributed by atoms with van der Waals surface area (Å²) in [4.78, 5) is 16.3. The van der Waals surface area contributed by atoms with Gasteiger partial charge in [0.15, 0.2) is 0 Å². The molecule has 5 nitrogen and oxygen atoms in total. The van der Waals surface area contributed by atoms with E-state index in [1.54, 1.807) is 0 Å². The van der Waals surface area contributed by atoms with Crippen LogP contribution in [0.2, 0.25) is 0 Å². The van der Waals surface area contributed by atoms with Crippen LogP contribution in [0.5, 0.6) is 0 Å². The molecule has 0 spiro atoms. The van der Waals surface area contributed by atoms with Crippen LogP contribution in [0, 0.1) is 5.92 Å². The van der Waals surface area contributed by atoms with Crippen molar-refractivity contribution >= 4 is 6.09 Å². The fraction of sp³-hybridized carbons (Fsp3) is 0.933. The Kier molecular flexibility index (Phi) is 4.91. The van der Waals surface area contributed by atoms with Crippen LogP contribution in [0.25, 0.3) is 0 Å². The van der Waals surface area contributed by atoms with E-state index in [0.717, 1.165) is 45.4 Å². The van der Waals surface area contributed by atoms with Crippen molar-refractivity contribution in [2.45, 2.75) is 51.7 Å². The Balaban J connectivity index is 1.76. The summed E-state index contributed by atoms with van der Waals surface area (Å²) < 4.78 is 5.41. The fourth-order valence-corrected chi connectivity index (χ4v) is 3.08. The van der Waals surface area contributed by atoms with E-state index in [0.29, 0.717) is 18.6 Å². The maximum atomic E-state index is 12.0. The summed E-state index contributed by atoms with van der Waals surface area (Å²) in [6.07, 6.45) is 2.93.